The van der Waals surface area contributed by atoms with E-state index in [0.717, 1.165) is 4.57 Å². The average molecular weight is 412 g/mol. The van der Waals surface area contributed by atoms with Gasteiger partial charge in [-0.15, -0.1) is 0 Å². The predicted octanol–water partition coefficient (Wildman–Crippen LogP) is 1.68. The van der Waals surface area contributed by atoms with Crippen LogP contribution in [-0.2, 0) is 27.6 Å². The highest BCUT2D eigenvalue weighted by Crippen LogP contribution is 2.07. The Bertz CT molecular complexity index is 848. The smallest absolute Gasteiger partial charge is 0.407 e. The van der Waals surface area contributed by atoms with Crippen LogP contribution in [0.1, 0.15) is 54.0 Å². The van der Waals surface area contributed by atoms with E-state index in [4.69, 9.17) is 14.3 Å². The summed E-state index contributed by atoms with van der Waals surface area (Å²) in [5.41, 5.74) is -1.22. The number of alkyl carbamates (subject to hydrolysis) is 1. The maximum absolute atomic E-state index is 12.9. The van der Waals surface area contributed by atoms with Gasteiger partial charge in [0.1, 0.15) is 18.4 Å². The molecule has 1 unspecified atom stereocenters. The van der Waals surface area contributed by atoms with Gasteiger partial charge in [-0.3, -0.25) is 13.9 Å². The Morgan fingerprint density at radius 3 is 2.38 bits per heavy atom. The molecule has 0 aliphatic rings. The number of amides is 1. The molecule has 1 N–H and O–H groups in total. The summed E-state index contributed by atoms with van der Waals surface area (Å²) in [5.74, 6) is 0. The summed E-state index contributed by atoms with van der Waals surface area (Å²) in [6.07, 6.45) is 0.601. The van der Waals surface area contributed by atoms with Gasteiger partial charge in [0.15, 0.2) is 0 Å². The third-order valence-corrected chi connectivity index (χ3v) is 3.52. The van der Waals surface area contributed by atoms with Crippen molar-refractivity contribution < 1.29 is 19.1 Å². The lowest BCUT2D eigenvalue weighted by atomic mass is 10.2. The number of nitrogens with one attached hydrogen (secondary N) is 1. The Hall–Kier alpha value is -2.62. The van der Waals surface area contributed by atoms with Crippen molar-refractivity contribution in [2.24, 2.45) is 5.16 Å². The number of nitrogens with zero attached hydrogens (tertiary/aromatic N) is 3. The minimum absolute atomic E-state index is 0.0433. The van der Waals surface area contributed by atoms with Gasteiger partial charge in [-0.05, 0) is 48.5 Å². The van der Waals surface area contributed by atoms with E-state index < -0.39 is 29.0 Å². The van der Waals surface area contributed by atoms with Crippen molar-refractivity contribution in [3.63, 3.8) is 0 Å². The van der Waals surface area contributed by atoms with Gasteiger partial charge in [-0.25, -0.2) is 9.59 Å². The second-order valence-electron chi connectivity index (χ2n) is 8.01. The standard InChI is InChI=1S/C19H32N4O6/c1-12(2)29-21-14(4)15-10-22(11-27-8)18(26)23(16(15)24)9-13(3)20-17(25)28-19(5,6)7/h10,12-13H,9,11H2,1-8H3,(H,20,25)/b21-14+. The summed E-state index contributed by atoms with van der Waals surface area (Å²) in [6, 6.07) is -0.536. The van der Waals surface area contributed by atoms with Gasteiger partial charge in [0, 0.05) is 19.3 Å². The molecule has 0 saturated carbocycles. The lowest BCUT2D eigenvalue weighted by Gasteiger charge is -2.22. The number of ether oxygens (including phenoxy) is 2. The van der Waals surface area contributed by atoms with Crippen molar-refractivity contribution in [3.8, 4) is 0 Å². The van der Waals surface area contributed by atoms with Crippen molar-refractivity contribution in [1.82, 2.24) is 14.5 Å². The Morgan fingerprint density at radius 2 is 1.86 bits per heavy atom. The molecule has 0 spiro atoms. The molecule has 1 aromatic rings. The highest BCUT2D eigenvalue weighted by atomic mass is 16.6. The van der Waals surface area contributed by atoms with Crippen LogP contribution in [-0.4, -0.2) is 45.8 Å². The van der Waals surface area contributed by atoms with Crippen LogP contribution in [0.25, 0.3) is 0 Å². The SMILES string of the molecule is COCn1cc(/C(C)=N/OC(C)C)c(=O)n(CC(C)NC(=O)OC(C)(C)C)c1=O. The fourth-order valence-corrected chi connectivity index (χ4v) is 2.36. The van der Waals surface area contributed by atoms with E-state index in [1.807, 2.05) is 13.8 Å². The van der Waals surface area contributed by atoms with Crippen LogP contribution in [0.5, 0.6) is 0 Å². The van der Waals surface area contributed by atoms with Crippen molar-refractivity contribution in [3.05, 3.63) is 32.6 Å². The van der Waals surface area contributed by atoms with Crippen LogP contribution in [0, 0.1) is 0 Å². The monoisotopic (exact) mass is 412 g/mol. The summed E-state index contributed by atoms with van der Waals surface area (Å²) in [5, 5.41) is 6.58. The zero-order valence-corrected chi connectivity index (χ0v) is 18.4. The van der Waals surface area contributed by atoms with Crippen LogP contribution >= 0.6 is 0 Å². The Balaban J connectivity index is 3.24. The molecular formula is C19H32N4O6. The molecule has 0 bridgehead atoms. The minimum atomic E-state index is -0.657. The molecular weight excluding hydrogens is 380 g/mol. The fourth-order valence-electron chi connectivity index (χ4n) is 2.36. The highest BCUT2D eigenvalue weighted by molar-refractivity contribution is 5.97. The molecule has 0 aliphatic carbocycles. The van der Waals surface area contributed by atoms with Crippen LogP contribution in [0.2, 0.25) is 0 Å². The third kappa shape index (κ3) is 7.72. The molecule has 29 heavy (non-hydrogen) atoms. The van der Waals surface area contributed by atoms with Crippen molar-refractivity contribution in [2.45, 2.75) is 79.5 Å². The first-order valence-electron chi connectivity index (χ1n) is 9.39. The molecule has 1 rings (SSSR count). The van der Waals surface area contributed by atoms with Gasteiger partial charge >= 0.3 is 11.8 Å². The number of aromatic nitrogens is 2. The molecule has 0 radical (unpaired) electrons. The van der Waals surface area contributed by atoms with Crippen LogP contribution in [0.3, 0.4) is 0 Å². The zero-order chi connectivity index (χ0) is 22.4. The van der Waals surface area contributed by atoms with Crippen LogP contribution in [0.15, 0.2) is 20.9 Å². The van der Waals surface area contributed by atoms with E-state index in [1.54, 1.807) is 34.6 Å². The largest absolute Gasteiger partial charge is 0.444 e. The van der Waals surface area contributed by atoms with Gasteiger partial charge < -0.3 is 19.6 Å². The Kier molecular flexibility index (Phi) is 8.62. The van der Waals surface area contributed by atoms with Crippen molar-refractivity contribution in [1.29, 1.82) is 0 Å². The summed E-state index contributed by atoms with van der Waals surface area (Å²) in [7, 11) is 1.44. The maximum atomic E-state index is 12.9. The van der Waals surface area contributed by atoms with Crippen LogP contribution in [0.4, 0.5) is 4.79 Å². The average Bonchev–Trinajstić information content (AvgIpc) is 2.57. The minimum Gasteiger partial charge on any atom is -0.444 e. The summed E-state index contributed by atoms with van der Waals surface area (Å²) < 4.78 is 12.5. The molecule has 10 heteroatoms. The first-order chi connectivity index (χ1) is 13.4. The molecule has 0 aliphatic heterocycles. The number of rotatable bonds is 8. The first kappa shape index (κ1) is 24.4. The zero-order valence-electron chi connectivity index (χ0n) is 18.4. The normalized spacial score (nSPS) is 13.3. The lowest BCUT2D eigenvalue weighted by molar-refractivity contribution is 0.0503. The molecule has 1 aromatic heterocycles. The topological polar surface area (TPSA) is 113 Å². The molecule has 10 nitrogen and oxygen atoms in total. The van der Waals surface area contributed by atoms with E-state index in [9.17, 15) is 14.4 Å². The molecule has 1 heterocycles. The number of carbonyl (C=O) groups is 1. The maximum Gasteiger partial charge on any atom is 0.407 e. The number of methoxy groups -OCH3 is 1. The summed E-state index contributed by atoms with van der Waals surface area (Å²) >= 11 is 0. The van der Waals surface area contributed by atoms with E-state index in [2.05, 4.69) is 10.5 Å². The summed E-state index contributed by atoms with van der Waals surface area (Å²) in [4.78, 5) is 42.8. The number of hydrogen-bond donors (Lipinski definition) is 1. The number of carbonyl (C=O) groups excluding carboxylic acids is 1. The van der Waals surface area contributed by atoms with E-state index in [0.29, 0.717) is 5.71 Å². The molecule has 1 atom stereocenters. The highest BCUT2D eigenvalue weighted by Gasteiger charge is 2.20. The van der Waals surface area contributed by atoms with Gasteiger partial charge in [0.25, 0.3) is 5.56 Å². The molecule has 0 aromatic carbocycles. The quantitative estimate of drug-likeness (QED) is 0.513. The lowest BCUT2D eigenvalue weighted by Crippen LogP contribution is -2.47. The fraction of sp³-hybridized carbons (Fsp3) is 0.684. The van der Waals surface area contributed by atoms with Gasteiger partial charge in [0.2, 0.25) is 0 Å². The number of hydrogen-bond acceptors (Lipinski definition) is 7. The molecule has 0 saturated heterocycles. The van der Waals surface area contributed by atoms with Crippen molar-refractivity contribution in [2.75, 3.05) is 7.11 Å². The van der Waals surface area contributed by atoms with Gasteiger partial charge in [-0.2, -0.15) is 0 Å². The van der Waals surface area contributed by atoms with Gasteiger partial charge in [0.05, 0.1) is 17.8 Å². The number of oxime groups is 1. The van der Waals surface area contributed by atoms with Crippen LogP contribution < -0.4 is 16.6 Å². The predicted molar refractivity (Wildman–Crippen MR) is 109 cm³/mol. The third-order valence-electron chi connectivity index (χ3n) is 3.52. The van der Waals surface area contributed by atoms with E-state index in [1.165, 1.54) is 17.9 Å². The van der Waals surface area contributed by atoms with E-state index >= 15 is 0 Å². The van der Waals surface area contributed by atoms with Gasteiger partial charge in [-0.1, -0.05) is 5.16 Å². The van der Waals surface area contributed by atoms with Crippen molar-refractivity contribution >= 4 is 11.8 Å². The molecule has 0 fully saturated rings. The van der Waals surface area contributed by atoms with E-state index in [-0.39, 0.29) is 24.9 Å². The second-order valence-corrected chi connectivity index (χ2v) is 8.01. The molecule has 1 amide bonds. The Morgan fingerprint density at radius 1 is 1.24 bits per heavy atom. The second kappa shape index (κ2) is 10.2. The molecule has 164 valence electrons. The summed E-state index contributed by atoms with van der Waals surface area (Å²) in [6.45, 7) is 12.1. The first-order valence-corrected chi connectivity index (χ1v) is 9.39. The Labute approximate surface area is 170 Å².